The number of hydrogen-bond donors (Lipinski definition) is 2. The Bertz CT molecular complexity index is 590. The SMILES string of the molecule is CC(C)(C)OC(=O)CCCCCCCCN[C@@H](CSCc1ccccn1)C(=O)O. The summed E-state index contributed by atoms with van der Waals surface area (Å²) < 4.78 is 5.29. The summed E-state index contributed by atoms with van der Waals surface area (Å²) in [6.45, 7) is 6.35. The minimum Gasteiger partial charge on any atom is -0.480 e. The van der Waals surface area contributed by atoms with Crippen LogP contribution in [-0.2, 0) is 20.1 Å². The first kappa shape index (κ1) is 25.4. The van der Waals surface area contributed by atoms with Crippen LogP contribution in [0.15, 0.2) is 24.4 Å². The van der Waals surface area contributed by atoms with E-state index in [9.17, 15) is 14.7 Å². The summed E-state index contributed by atoms with van der Waals surface area (Å²) in [6, 6.07) is 5.23. The van der Waals surface area contributed by atoms with E-state index >= 15 is 0 Å². The zero-order chi connectivity index (χ0) is 21.5. The second-order valence-electron chi connectivity index (χ2n) is 8.14. The number of carbonyl (C=O) groups is 2. The van der Waals surface area contributed by atoms with E-state index in [1.165, 1.54) is 0 Å². The molecule has 0 radical (unpaired) electrons. The van der Waals surface area contributed by atoms with Crippen LogP contribution in [0.1, 0.15) is 71.4 Å². The summed E-state index contributed by atoms with van der Waals surface area (Å²) in [6.07, 6.45) is 8.33. The first-order valence-corrected chi connectivity index (χ1v) is 11.6. The molecule has 0 saturated heterocycles. The maximum absolute atomic E-state index is 11.6. The van der Waals surface area contributed by atoms with E-state index in [1.807, 2.05) is 39.0 Å². The summed E-state index contributed by atoms with van der Waals surface area (Å²) >= 11 is 1.58. The molecule has 0 aromatic carbocycles. The third-order valence-corrected chi connectivity index (χ3v) is 5.25. The van der Waals surface area contributed by atoms with Gasteiger partial charge in [-0.3, -0.25) is 14.6 Å². The van der Waals surface area contributed by atoms with Crippen LogP contribution in [0.25, 0.3) is 0 Å². The van der Waals surface area contributed by atoms with Crippen molar-refractivity contribution in [3.05, 3.63) is 30.1 Å². The lowest BCUT2D eigenvalue weighted by atomic mass is 10.1. The van der Waals surface area contributed by atoms with E-state index in [1.54, 1.807) is 18.0 Å². The van der Waals surface area contributed by atoms with Crippen LogP contribution >= 0.6 is 11.8 Å². The molecule has 0 fully saturated rings. The van der Waals surface area contributed by atoms with Crippen molar-refractivity contribution in [2.75, 3.05) is 12.3 Å². The Morgan fingerprint density at radius 2 is 1.83 bits per heavy atom. The lowest BCUT2D eigenvalue weighted by Gasteiger charge is -2.19. The van der Waals surface area contributed by atoms with Gasteiger partial charge in [0.1, 0.15) is 11.6 Å². The van der Waals surface area contributed by atoms with E-state index in [4.69, 9.17) is 4.74 Å². The largest absolute Gasteiger partial charge is 0.480 e. The van der Waals surface area contributed by atoms with Crippen molar-refractivity contribution in [2.45, 2.75) is 83.1 Å². The lowest BCUT2D eigenvalue weighted by Crippen LogP contribution is -2.39. The molecule has 6 nitrogen and oxygen atoms in total. The van der Waals surface area contributed by atoms with E-state index < -0.39 is 17.6 Å². The second-order valence-corrected chi connectivity index (χ2v) is 9.17. The molecular weight excluding hydrogens is 388 g/mol. The summed E-state index contributed by atoms with van der Waals surface area (Å²) in [5.41, 5.74) is 0.558. The monoisotopic (exact) mass is 424 g/mol. The number of nitrogens with one attached hydrogen (secondary N) is 1. The van der Waals surface area contributed by atoms with Gasteiger partial charge in [-0.2, -0.15) is 11.8 Å². The van der Waals surface area contributed by atoms with Crippen LogP contribution in [0.4, 0.5) is 0 Å². The number of carbonyl (C=O) groups excluding carboxylic acids is 1. The first-order chi connectivity index (χ1) is 13.8. The lowest BCUT2D eigenvalue weighted by molar-refractivity contribution is -0.155. The van der Waals surface area contributed by atoms with Crippen molar-refractivity contribution < 1.29 is 19.4 Å². The van der Waals surface area contributed by atoms with E-state index in [0.29, 0.717) is 18.7 Å². The van der Waals surface area contributed by atoms with E-state index in [2.05, 4.69) is 10.3 Å². The molecule has 0 unspecified atom stereocenters. The van der Waals surface area contributed by atoms with Gasteiger partial charge in [0.25, 0.3) is 0 Å². The molecule has 1 aromatic rings. The van der Waals surface area contributed by atoms with Crippen molar-refractivity contribution >= 4 is 23.7 Å². The summed E-state index contributed by atoms with van der Waals surface area (Å²) in [4.78, 5) is 27.3. The molecule has 7 heteroatoms. The number of carboxylic acids is 1. The molecular formula is C22H36N2O4S. The number of carboxylic acid groups (broad SMARTS) is 1. The Hall–Kier alpha value is -1.60. The normalized spacial score (nSPS) is 12.5. The highest BCUT2D eigenvalue weighted by Crippen LogP contribution is 2.13. The first-order valence-electron chi connectivity index (χ1n) is 10.4. The maximum atomic E-state index is 11.6. The second kappa shape index (κ2) is 14.4. The molecule has 0 bridgehead atoms. The number of thioether (sulfide) groups is 1. The van der Waals surface area contributed by atoms with Gasteiger partial charge < -0.3 is 15.2 Å². The number of nitrogens with zero attached hydrogens (tertiary/aromatic N) is 1. The Labute approximate surface area is 179 Å². The van der Waals surface area contributed by atoms with Crippen molar-refractivity contribution in [3.8, 4) is 0 Å². The summed E-state index contributed by atoms with van der Waals surface area (Å²) in [5.74, 6) is 0.314. The molecule has 29 heavy (non-hydrogen) atoms. The Balaban J connectivity index is 2.02. The molecule has 0 saturated carbocycles. The minimum atomic E-state index is -0.805. The van der Waals surface area contributed by atoms with Gasteiger partial charge in [-0.25, -0.2) is 0 Å². The number of unbranched alkanes of at least 4 members (excludes halogenated alkanes) is 5. The van der Waals surface area contributed by atoms with Crippen LogP contribution in [0.3, 0.4) is 0 Å². The fraction of sp³-hybridized carbons (Fsp3) is 0.682. The van der Waals surface area contributed by atoms with E-state index in [-0.39, 0.29) is 5.97 Å². The average molecular weight is 425 g/mol. The number of ether oxygens (including phenoxy) is 1. The molecule has 1 rings (SSSR count). The number of esters is 1. The maximum Gasteiger partial charge on any atom is 0.321 e. The quantitative estimate of drug-likeness (QED) is 0.318. The predicted molar refractivity (Wildman–Crippen MR) is 118 cm³/mol. The Morgan fingerprint density at radius 3 is 2.45 bits per heavy atom. The minimum absolute atomic E-state index is 0.123. The molecule has 1 heterocycles. The van der Waals surface area contributed by atoms with Crippen molar-refractivity contribution in [1.29, 1.82) is 0 Å². The number of rotatable bonds is 15. The third kappa shape index (κ3) is 14.1. The van der Waals surface area contributed by atoms with Crippen LogP contribution in [0.2, 0.25) is 0 Å². The average Bonchev–Trinajstić information content (AvgIpc) is 2.64. The van der Waals surface area contributed by atoms with Crippen molar-refractivity contribution in [3.63, 3.8) is 0 Å². The van der Waals surface area contributed by atoms with Crippen molar-refractivity contribution in [1.82, 2.24) is 10.3 Å². The third-order valence-electron chi connectivity index (χ3n) is 4.18. The van der Waals surface area contributed by atoms with Gasteiger partial charge in [-0.15, -0.1) is 0 Å². The fourth-order valence-electron chi connectivity index (χ4n) is 2.75. The summed E-state index contributed by atoms with van der Waals surface area (Å²) in [7, 11) is 0. The predicted octanol–water partition coefficient (Wildman–Crippen LogP) is 4.43. The number of pyridine rings is 1. The van der Waals surface area contributed by atoms with Gasteiger partial charge in [0, 0.05) is 24.1 Å². The van der Waals surface area contributed by atoms with Gasteiger partial charge in [-0.05, 0) is 52.3 Å². The van der Waals surface area contributed by atoms with Crippen LogP contribution in [-0.4, -0.2) is 46.0 Å². The van der Waals surface area contributed by atoms with Crippen LogP contribution in [0, 0.1) is 0 Å². The molecule has 1 aromatic heterocycles. The van der Waals surface area contributed by atoms with Gasteiger partial charge in [0.2, 0.25) is 0 Å². The van der Waals surface area contributed by atoms with Gasteiger partial charge >= 0.3 is 11.9 Å². The zero-order valence-corrected chi connectivity index (χ0v) is 18.8. The topological polar surface area (TPSA) is 88.5 Å². The van der Waals surface area contributed by atoms with Gasteiger partial charge in [-0.1, -0.05) is 31.7 Å². The van der Waals surface area contributed by atoms with Crippen LogP contribution in [0.5, 0.6) is 0 Å². The molecule has 0 aliphatic heterocycles. The fourth-order valence-corrected chi connectivity index (χ4v) is 3.75. The highest BCUT2D eigenvalue weighted by Gasteiger charge is 2.17. The molecule has 0 amide bonds. The Morgan fingerprint density at radius 1 is 1.14 bits per heavy atom. The molecule has 164 valence electrons. The molecule has 0 spiro atoms. The van der Waals surface area contributed by atoms with Crippen LogP contribution < -0.4 is 5.32 Å². The Kier molecular flexibility index (Phi) is 12.6. The summed E-state index contributed by atoms with van der Waals surface area (Å²) in [5, 5.41) is 12.5. The molecule has 2 N–H and O–H groups in total. The highest BCUT2D eigenvalue weighted by atomic mass is 32.2. The molecule has 0 aliphatic rings. The standard InChI is InChI=1S/C22H36N2O4S/c1-22(2,3)28-20(25)13-8-6-4-5-7-10-15-24-19(21(26)27)17-29-16-18-12-9-11-14-23-18/h9,11-12,14,19,24H,4-8,10,13,15-17H2,1-3H3,(H,26,27)/t19-/m0/s1. The molecule has 1 atom stereocenters. The number of hydrogen-bond acceptors (Lipinski definition) is 6. The number of aliphatic carboxylic acids is 1. The van der Waals surface area contributed by atoms with Crippen molar-refractivity contribution in [2.24, 2.45) is 0 Å². The number of aromatic nitrogens is 1. The smallest absolute Gasteiger partial charge is 0.321 e. The van der Waals surface area contributed by atoms with Gasteiger partial charge in [0.15, 0.2) is 0 Å². The highest BCUT2D eigenvalue weighted by molar-refractivity contribution is 7.98. The zero-order valence-electron chi connectivity index (χ0n) is 18.0. The molecule has 0 aliphatic carbocycles. The van der Waals surface area contributed by atoms with E-state index in [0.717, 1.165) is 50.0 Å². The van der Waals surface area contributed by atoms with Gasteiger partial charge in [0.05, 0.1) is 5.69 Å².